The summed E-state index contributed by atoms with van der Waals surface area (Å²) < 4.78 is 11.2. The van der Waals surface area contributed by atoms with Crippen molar-refractivity contribution in [1.82, 2.24) is 14.9 Å². The topological polar surface area (TPSA) is 117 Å². The van der Waals surface area contributed by atoms with Gasteiger partial charge in [0.15, 0.2) is 17.3 Å². The second kappa shape index (κ2) is 12.3. The minimum atomic E-state index is -0.195. The van der Waals surface area contributed by atoms with E-state index in [1.165, 1.54) is 28.7 Å². The highest BCUT2D eigenvalue weighted by Crippen LogP contribution is 2.37. The molecule has 0 saturated carbocycles. The predicted octanol–water partition coefficient (Wildman–Crippen LogP) is 5.32. The largest absolute Gasteiger partial charge is 0.493 e. The molecule has 1 unspecified atom stereocenters. The molecule has 4 N–H and O–H groups in total. The van der Waals surface area contributed by atoms with Crippen LogP contribution in [-0.4, -0.2) is 47.7 Å². The molecule has 0 radical (unpaired) electrons. The normalized spacial score (nSPS) is 14.6. The molecule has 5 rings (SSSR count). The van der Waals surface area contributed by atoms with E-state index >= 15 is 0 Å². The third kappa shape index (κ3) is 6.00. The van der Waals surface area contributed by atoms with Gasteiger partial charge in [-0.15, -0.1) is 11.8 Å². The Hall–Kier alpha value is -4.50. The number of nitrogens with zero attached hydrogens (tertiary/aromatic N) is 3. The average molecular weight is 568 g/mol. The van der Waals surface area contributed by atoms with E-state index in [4.69, 9.17) is 20.9 Å². The monoisotopic (exact) mass is 567 g/mol. The molecule has 0 spiro atoms. The summed E-state index contributed by atoms with van der Waals surface area (Å²) in [5, 5.41) is 0. The zero-order chi connectivity index (χ0) is 28.9. The molecule has 2 heterocycles. The summed E-state index contributed by atoms with van der Waals surface area (Å²) in [5.41, 5.74) is 17.4. The van der Waals surface area contributed by atoms with Crippen molar-refractivity contribution in [2.24, 2.45) is 0 Å². The van der Waals surface area contributed by atoms with E-state index in [1.54, 1.807) is 37.2 Å². The minimum Gasteiger partial charge on any atom is -0.493 e. The summed E-state index contributed by atoms with van der Waals surface area (Å²) in [5.74, 6) is 1.04. The van der Waals surface area contributed by atoms with Crippen molar-refractivity contribution in [3.05, 3.63) is 113 Å². The van der Waals surface area contributed by atoms with E-state index in [2.05, 4.69) is 69.7 Å². The van der Waals surface area contributed by atoms with Gasteiger partial charge in [0.1, 0.15) is 5.82 Å². The van der Waals surface area contributed by atoms with Crippen LogP contribution in [0.15, 0.2) is 84.0 Å². The number of ether oxygens (including phenoxy) is 2. The van der Waals surface area contributed by atoms with Crippen LogP contribution in [0.4, 0.5) is 11.8 Å². The number of aromatic nitrogens is 2. The molecule has 1 atom stereocenters. The molecular formula is C32H33N5O3S. The maximum absolute atomic E-state index is 13.7. The number of carbonyl (C=O) groups is 1. The molecule has 1 aliphatic rings. The summed E-state index contributed by atoms with van der Waals surface area (Å²) in [6.07, 6.45) is 8.46. The zero-order valence-corrected chi connectivity index (χ0v) is 24.2. The van der Waals surface area contributed by atoms with E-state index < -0.39 is 0 Å². The number of hydrogen-bond donors (Lipinski definition) is 2. The van der Waals surface area contributed by atoms with Crippen molar-refractivity contribution in [3.63, 3.8) is 0 Å². The number of thioether (sulfide) groups is 1. The molecule has 0 saturated heterocycles. The standard InChI is InChI=1S/C32H33N5O3S/c1-39-28-18-20(16-23-19-35-32(34)36-31(23)33)17-26(30(28)40-2)27(38)13-15-37-14-12-21-6-4-5-7-25(21)29(37)22-8-10-24(41-3)11-9-22/h4-11,13,15,17-19,29H,12,14,16H2,1-3H3,(H4,33,34,35,36). The first-order valence-corrected chi connectivity index (χ1v) is 14.5. The first kappa shape index (κ1) is 28.0. The Morgan fingerprint density at radius 2 is 1.88 bits per heavy atom. The van der Waals surface area contributed by atoms with Crippen LogP contribution in [0.1, 0.15) is 44.2 Å². The molecule has 0 aliphatic carbocycles. The Kier molecular flexibility index (Phi) is 8.45. The van der Waals surface area contributed by atoms with E-state index in [0.29, 0.717) is 34.9 Å². The third-order valence-electron chi connectivity index (χ3n) is 7.28. The van der Waals surface area contributed by atoms with Gasteiger partial charge in [0.05, 0.1) is 25.8 Å². The molecule has 41 heavy (non-hydrogen) atoms. The molecule has 9 heteroatoms. The van der Waals surface area contributed by atoms with E-state index in [-0.39, 0.29) is 17.8 Å². The second-order valence-corrected chi connectivity index (χ2v) is 10.6. The van der Waals surface area contributed by atoms with Crippen LogP contribution in [0.5, 0.6) is 11.5 Å². The highest BCUT2D eigenvalue weighted by molar-refractivity contribution is 7.98. The summed E-state index contributed by atoms with van der Waals surface area (Å²) >= 11 is 1.72. The third-order valence-corrected chi connectivity index (χ3v) is 8.03. The number of nitrogens with two attached hydrogens (primary N) is 2. The van der Waals surface area contributed by atoms with Gasteiger partial charge in [0.2, 0.25) is 5.95 Å². The number of carbonyl (C=O) groups excluding carboxylic acids is 1. The summed E-state index contributed by atoms with van der Waals surface area (Å²) in [6.45, 7) is 0.784. The van der Waals surface area contributed by atoms with Crippen LogP contribution in [-0.2, 0) is 12.8 Å². The van der Waals surface area contributed by atoms with Gasteiger partial charge < -0.3 is 25.8 Å². The summed E-state index contributed by atoms with van der Waals surface area (Å²) in [7, 11) is 3.07. The lowest BCUT2D eigenvalue weighted by atomic mass is 9.88. The Bertz CT molecular complexity index is 1590. The second-order valence-electron chi connectivity index (χ2n) is 9.74. The predicted molar refractivity (Wildman–Crippen MR) is 164 cm³/mol. The fourth-order valence-electron chi connectivity index (χ4n) is 5.25. The molecule has 0 amide bonds. The Morgan fingerprint density at radius 3 is 2.59 bits per heavy atom. The van der Waals surface area contributed by atoms with Gasteiger partial charge in [-0.2, -0.15) is 4.98 Å². The van der Waals surface area contributed by atoms with Gasteiger partial charge in [0, 0.05) is 41.9 Å². The van der Waals surface area contributed by atoms with Crippen molar-refractivity contribution in [2.45, 2.75) is 23.8 Å². The molecule has 0 bridgehead atoms. The van der Waals surface area contributed by atoms with Crippen LogP contribution in [0.2, 0.25) is 0 Å². The molecule has 1 aromatic heterocycles. The van der Waals surface area contributed by atoms with Crippen molar-refractivity contribution in [2.75, 3.05) is 38.5 Å². The van der Waals surface area contributed by atoms with Crippen LogP contribution >= 0.6 is 11.8 Å². The number of methoxy groups -OCH3 is 2. The number of hydrogen-bond acceptors (Lipinski definition) is 9. The molecule has 8 nitrogen and oxygen atoms in total. The molecule has 210 valence electrons. The van der Waals surface area contributed by atoms with Gasteiger partial charge in [-0.25, -0.2) is 4.98 Å². The first-order valence-electron chi connectivity index (χ1n) is 13.2. The van der Waals surface area contributed by atoms with Crippen molar-refractivity contribution in [1.29, 1.82) is 0 Å². The van der Waals surface area contributed by atoms with E-state index in [0.717, 1.165) is 18.5 Å². The Balaban J connectivity index is 1.48. The number of rotatable bonds is 9. The first-order chi connectivity index (χ1) is 19.9. The summed E-state index contributed by atoms with van der Waals surface area (Å²) in [6, 6.07) is 20.8. The zero-order valence-electron chi connectivity index (χ0n) is 23.3. The van der Waals surface area contributed by atoms with Crippen molar-refractivity contribution >= 4 is 29.3 Å². The van der Waals surface area contributed by atoms with Gasteiger partial charge >= 0.3 is 0 Å². The van der Waals surface area contributed by atoms with Crippen LogP contribution < -0.4 is 20.9 Å². The number of anilines is 2. The lowest BCUT2D eigenvalue weighted by molar-refractivity contribution is 0.104. The van der Waals surface area contributed by atoms with Crippen molar-refractivity contribution in [3.8, 4) is 11.5 Å². The minimum absolute atomic E-state index is 0.00355. The smallest absolute Gasteiger partial charge is 0.221 e. The van der Waals surface area contributed by atoms with Gasteiger partial charge in [-0.3, -0.25) is 4.79 Å². The fraction of sp³-hybridized carbons (Fsp3) is 0.219. The SMILES string of the molecule is COc1cc(Cc2cnc(N)nc2N)cc(C(=O)C=CN2CCc3ccccc3C2c2ccc(SC)cc2)c1OC. The van der Waals surface area contributed by atoms with Crippen LogP contribution in [0.3, 0.4) is 0 Å². The highest BCUT2D eigenvalue weighted by Gasteiger charge is 2.27. The molecule has 1 aliphatic heterocycles. The Morgan fingerprint density at radius 1 is 1.10 bits per heavy atom. The fourth-order valence-corrected chi connectivity index (χ4v) is 5.66. The number of fused-ring (bicyclic) bond motifs is 1. The Labute approximate surface area is 244 Å². The molecule has 0 fully saturated rings. The van der Waals surface area contributed by atoms with E-state index in [9.17, 15) is 4.79 Å². The molecule has 3 aromatic carbocycles. The number of ketones is 1. The van der Waals surface area contributed by atoms with Gasteiger partial charge in [0.25, 0.3) is 0 Å². The van der Waals surface area contributed by atoms with Crippen molar-refractivity contribution < 1.29 is 14.3 Å². The number of benzene rings is 3. The molecular weight excluding hydrogens is 534 g/mol. The number of nitrogen functional groups attached to an aromatic ring is 2. The van der Waals surface area contributed by atoms with Crippen LogP contribution in [0, 0.1) is 0 Å². The van der Waals surface area contributed by atoms with E-state index in [1.807, 2.05) is 12.3 Å². The quantitative estimate of drug-likeness (QED) is 0.158. The number of allylic oxidation sites excluding steroid dienone is 1. The maximum Gasteiger partial charge on any atom is 0.221 e. The maximum atomic E-state index is 13.7. The van der Waals surface area contributed by atoms with Gasteiger partial charge in [-0.05, 0) is 59.2 Å². The lowest BCUT2D eigenvalue weighted by Gasteiger charge is -2.37. The van der Waals surface area contributed by atoms with Gasteiger partial charge in [-0.1, -0.05) is 36.4 Å². The lowest BCUT2D eigenvalue weighted by Crippen LogP contribution is -2.32. The summed E-state index contributed by atoms with van der Waals surface area (Å²) in [4.78, 5) is 25.2. The van der Waals surface area contributed by atoms with Crippen LogP contribution in [0.25, 0.3) is 0 Å². The highest BCUT2D eigenvalue weighted by atomic mass is 32.2. The molecule has 4 aromatic rings. The average Bonchev–Trinajstić information content (AvgIpc) is 3.00.